The van der Waals surface area contributed by atoms with Gasteiger partial charge in [-0.2, -0.15) is 5.26 Å². The lowest BCUT2D eigenvalue weighted by Crippen LogP contribution is -2.48. The monoisotopic (exact) mass is 290 g/mol. The minimum atomic E-state index is -0.247. The molecular formula is C18H30N2O. The fourth-order valence-electron chi connectivity index (χ4n) is 4.32. The molecule has 118 valence electrons. The molecule has 0 aromatic rings. The van der Waals surface area contributed by atoms with Crippen LogP contribution in [-0.4, -0.2) is 24.3 Å². The lowest BCUT2D eigenvalue weighted by molar-refractivity contribution is -0.0126. The SMILES string of the molecule is CC1CCCCC1OCCC1CCCC1(C#N)NC1CC1. The molecule has 0 aliphatic heterocycles. The third kappa shape index (κ3) is 3.60. The highest BCUT2D eigenvalue weighted by Gasteiger charge is 2.45. The summed E-state index contributed by atoms with van der Waals surface area (Å²) in [4.78, 5) is 0. The van der Waals surface area contributed by atoms with Gasteiger partial charge < -0.3 is 4.74 Å². The summed E-state index contributed by atoms with van der Waals surface area (Å²) in [5.74, 6) is 1.20. The first kappa shape index (κ1) is 15.3. The van der Waals surface area contributed by atoms with Crippen molar-refractivity contribution in [3.05, 3.63) is 0 Å². The van der Waals surface area contributed by atoms with Crippen molar-refractivity contribution < 1.29 is 4.74 Å². The van der Waals surface area contributed by atoms with E-state index in [1.165, 1.54) is 51.4 Å². The maximum atomic E-state index is 9.70. The van der Waals surface area contributed by atoms with Gasteiger partial charge in [0.15, 0.2) is 0 Å². The van der Waals surface area contributed by atoms with Crippen LogP contribution in [0.25, 0.3) is 0 Å². The molecule has 4 atom stereocenters. The molecule has 0 aromatic heterocycles. The first-order valence-electron chi connectivity index (χ1n) is 9.04. The molecule has 0 heterocycles. The number of ether oxygens (including phenoxy) is 1. The number of nitrogens with zero attached hydrogens (tertiary/aromatic N) is 1. The Morgan fingerprint density at radius 3 is 2.67 bits per heavy atom. The zero-order chi connectivity index (χ0) is 14.7. The smallest absolute Gasteiger partial charge is 0.109 e. The topological polar surface area (TPSA) is 45.0 Å². The molecule has 0 aromatic carbocycles. The van der Waals surface area contributed by atoms with Gasteiger partial charge in [-0.15, -0.1) is 0 Å². The minimum Gasteiger partial charge on any atom is -0.378 e. The van der Waals surface area contributed by atoms with Gasteiger partial charge in [0.1, 0.15) is 5.54 Å². The molecule has 0 radical (unpaired) electrons. The third-order valence-corrected chi connectivity index (χ3v) is 5.89. The molecule has 0 saturated heterocycles. The van der Waals surface area contributed by atoms with E-state index in [9.17, 15) is 5.26 Å². The molecular weight excluding hydrogens is 260 g/mol. The number of nitriles is 1. The average molecular weight is 290 g/mol. The Labute approximate surface area is 129 Å². The van der Waals surface area contributed by atoms with Crippen LogP contribution in [0.3, 0.4) is 0 Å². The number of nitrogens with one attached hydrogen (secondary N) is 1. The van der Waals surface area contributed by atoms with Crippen molar-refractivity contribution in [1.29, 1.82) is 5.26 Å². The first-order valence-corrected chi connectivity index (χ1v) is 9.04. The van der Waals surface area contributed by atoms with Crippen LogP contribution in [0.15, 0.2) is 0 Å². The van der Waals surface area contributed by atoms with Crippen molar-refractivity contribution >= 4 is 0 Å². The summed E-state index contributed by atoms with van der Waals surface area (Å²) in [7, 11) is 0. The summed E-state index contributed by atoms with van der Waals surface area (Å²) in [5.41, 5.74) is -0.247. The quantitative estimate of drug-likeness (QED) is 0.809. The van der Waals surface area contributed by atoms with Crippen LogP contribution < -0.4 is 5.32 Å². The van der Waals surface area contributed by atoms with Crippen LogP contribution in [0, 0.1) is 23.2 Å². The van der Waals surface area contributed by atoms with Gasteiger partial charge in [0.25, 0.3) is 0 Å². The zero-order valence-electron chi connectivity index (χ0n) is 13.4. The fourth-order valence-corrected chi connectivity index (χ4v) is 4.32. The van der Waals surface area contributed by atoms with E-state index in [-0.39, 0.29) is 5.54 Å². The van der Waals surface area contributed by atoms with Crippen molar-refractivity contribution in [3.63, 3.8) is 0 Å². The maximum absolute atomic E-state index is 9.70. The lowest BCUT2D eigenvalue weighted by atomic mass is 9.85. The van der Waals surface area contributed by atoms with Gasteiger partial charge in [-0.3, -0.25) is 5.32 Å². The second kappa shape index (κ2) is 6.67. The number of rotatable bonds is 6. The molecule has 3 heteroatoms. The van der Waals surface area contributed by atoms with E-state index in [0.29, 0.717) is 24.0 Å². The van der Waals surface area contributed by atoms with Crippen LogP contribution in [0.1, 0.15) is 71.1 Å². The van der Waals surface area contributed by atoms with Crippen LogP contribution in [0.4, 0.5) is 0 Å². The Balaban J connectivity index is 1.48. The second-order valence-corrected chi connectivity index (χ2v) is 7.55. The van der Waals surface area contributed by atoms with Gasteiger partial charge in [0.2, 0.25) is 0 Å². The van der Waals surface area contributed by atoms with E-state index < -0.39 is 0 Å². The molecule has 3 aliphatic rings. The van der Waals surface area contributed by atoms with E-state index in [0.717, 1.165) is 19.4 Å². The van der Waals surface area contributed by atoms with Crippen LogP contribution in [-0.2, 0) is 4.74 Å². The number of hydrogen-bond donors (Lipinski definition) is 1. The summed E-state index contributed by atoms with van der Waals surface area (Å²) in [6, 6.07) is 3.24. The summed E-state index contributed by atoms with van der Waals surface area (Å²) >= 11 is 0. The molecule has 0 amide bonds. The van der Waals surface area contributed by atoms with E-state index in [1.54, 1.807) is 0 Å². The normalized spacial score (nSPS) is 40.1. The summed E-state index contributed by atoms with van der Waals surface area (Å²) < 4.78 is 6.18. The van der Waals surface area contributed by atoms with Gasteiger partial charge in [0, 0.05) is 12.6 Å². The Kier molecular flexibility index (Phi) is 4.86. The van der Waals surface area contributed by atoms with Crippen molar-refractivity contribution in [2.75, 3.05) is 6.61 Å². The van der Waals surface area contributed by atoms with Gasteiger partial charge in [-0.25, -0.2) is 0 Å². The largest absolute Gasteiger partial charge is 0.378 e. The maximum Gasteiger partial charge on any atom is 0.109 e. The molecule has 1 N–H and O–H groups in total. The van der Waals surface area contributed by atoms with Crippen molar-refractivity contribution in [2.45, 2.75) is 88.8 Å². The van der Waals surface area contributed by atoms with Crippen LogP contribution in [0.2, 0.25) is 0 Å². The van der Waals surface area contributed by atoms with E-state index in [4.69, 9.17) is 4.74 Å². The molecule has 0 spiro atoms. The summed E-state index contributed by atoms with van der Waals surface area (Å²) in [6.07, 6.45) is 12.7. The number of hydrogen-bond acceptors (Lipinski definition) is 3. The Hall–Kier alpha value is -0.590. The van der Waals surface area contributed by atoms with Crippen LogP contribution >= 0.6 is 0 Å². The molecule has 3 rings (SSSR count). The molecule has 0 bridgehead atoms. The molecule has 3 aliphatic carbocycles. The Morgan fingerprint density at radius 1 is 1.14 bits per heavy atom. The van der Waals surface area contributed by atoms with Crippen LogP contribution in [0.5, 0.6) is 0 Å². The standard InChI is InChI=1S/C18H30N2O/c1-14-5-2-3-7-17(14)21-12-10-15-6-4-11-18(15,13-19)20-16-8-9-16/h14-17,20H,2-12H2,1H3. The molecule has 3 fully saturated rings. The van der Waals surface area contributed by atoms with Crippen molar-refractivity contribution in [3.8, 4) is 6.07 Å². The fraction of sp³-hybridized carbons (Fsp3) is 0.944. The van der Waals surface area contributed by atoms with Gasteiger partial charge in [-0.05, 0) is 56.8 Å². The highest BCUT2D eigenvalue weighted by atomic mass is 16.5. The van der Waals surface area contributed by atoms with Crippen molar-refractivity contribution in [2.24, 2.45) is 11.8 Å². The molecule has 3 saturated carbocycles. The van der Waals surface area contributed by atoms with Gasteiger partial charge in [-0.1, -0.05) is 26.2 Å². The van der Waals surface area contributed by atoms with E-state index >= 15 is 0 Å². The predicted molar refractivity (Wildman–Crippen MR) is 83.8 cm³/mol. The molecule has 21 heavy (non-hydrogen) atoms. The summed E-state index contributed by atoms with van der Waals surface area (Å²) in [6.45, 7) is 3.17. The van der Waals surface area contributed by atoms with Crippen molar-refractivity contribution in [1.82, 2.24) is 5.32 Å². The minimum absolute atomic E-state index is 0.247. The molecule has 3 nitrogen and oxygen atoms in total. The predicted octanol–water partition coefficient (Wildman–Crippen LogP) is 3.79. The van der Waals surface area contributed by atoms with E-state index in [1.807, 2.05) is 0 Å². The second-order valence-electron chi connectivity index (χ2n) is 7.55. The highest BCUT2D eigenvalue weighted by Crippen LogP contribution is 2.40. The highest BCUT2D eigenvalue weighted by molar-refractivity contribution is 5.16. The molecule has 4 unspecified atom stereocenters. The average Bonchev–Trinajstić information content (AvgIpc) is 3.21. The van der Waals surface area contributed by atoms with Gasteiger partial charge >= 0.3 is 0 Å². The lowest BCUT2D eigenvalue weighted by Gasteiger charge is -2.32. The van der Waals surface area contributed by atoms with Gasteiger partial charge in [0.05, 0.1) is 12.2 Å². The zero-order valence-corrected chi connectivity index (χ0v) is 13.4. The third-order valence-electron chi connectivity index (χ3n) is 5.89. The summed E-state index contributed by atoms with van der Waals surface area (Å²) in [5, 5.41) is 13.3. The Bertz CT molecular complexity index is 387. The Morgan fingerprint density at radius 2 is 1.95 bits per heavy atom. The first-order chi connectivity index (χ1) is 10.2. The van der Waals surface area contributed by atoms with E-state index in [2.05, 4.69) is 18.3 Å².